The van der Waals surface area contributed by atoms with Crippen molar-refractivity contribution in [3.63, 3.8) is 0 Å². The molecule has 16 heteroatoms. The highest BCUT2D eigenvalue weighted by Gasteiger charge is 2.37. The Morgan fingerprint density at radius 1 is 1.09 bits per heavy atom. The highest BCUT2D eigenvalue weighted by molar-refractivity contribution is 5.95. The van der Waals surface area contributed by atoms with Gasteiger partial charge in [0.15, 0.2) is 0 Å². The molecule has 0 saturated carbocycles. The molecule has 3 atom stereocenters. The van der Waals surface area contributed by atoms with Gasteiger partial charge in [0.25, 0.3) is 5.91 Å². The monoisotopic (exact) mass is 814 g/mol. The largest absolute Gasteiger partial charge is 0.468 e. The molecule has 1 saturated heterocycles. The SMILES string of the molecule is COC(=O)[C@@H]1CCCN(C(=O)[C@H](CN2CCC=C(c3ccc4c(c3)c(CC(C)(C)CO)c(-c3cccnc3[C@H](C)OC)n4CC(F)(F)F)C2)NC(=O)OC(C)(C)C)N1. The maximum absolute atomic E-state index is 14.4. The lowest BCUT2D eigenvalue weighted by molar-refractivity contribution is -0.150. The van der Waals surface area contributed by atoms with Crippen molar-refractivity contribution in [1.82, 2.24) is 30.2 Å². The molecule has 3 N–H and O–H groups in total. The summed E-state index contributed by atoms with van der Waals surface area (Å²) in [5, 5.41) is 15.1. The van der Waals surface area contributed by atoms with Crippen LogP contribution in [0.4, 0.5) is 18.0 Å². The van der Waals surface area contributed by atoms with Crippen molar-refractivity contribution in [2.45, 2.75) is 104 Å². The van der Waals surface area contributed by atoms with E-state index in [4.69, 9.17) is 14.2 Å². The number of hydrogen-bond donors (Lipinski definition) is 3. The summed E-state index contributed by atoms with van der Waals surface area (Å²) < 4.78 is 60.6. The molecule has 0 spiro atoms. The Labute approximate surface area is 337 Å². The highest BCUT2D eigenvalue weighted by atomic mass is 19.4. The number of fused-ring (bicyclic) bond motifs is 1. The van der Waals surface area contributed by atoms with Gasteiger partial charge in [0, 0.05) is 62.6 Å². The van der Waals surface area contributed by atoms with Gasteiger partial charge in [0.2, 0.25) is 0 Å². The van der Waals surface area contributed by atoms with Crippen molar-refractivity contribution >= 4 is 34.4 Å². The number of alkyl carbamates (subject to hydrolysis) is 1. The first-order valence-electron chi connectivity index (χ1n) is 19.6. The number of amides is 2. The van der Waals surface area contributed by atoms with Crippen molar-refractivity contribution in [3.8, 4) is 11.3 Å². The fraction of sp³-hybridized carbons (Fsp3) is 0.571. The molecular weight excluding hydrogens is 757 g/mol. The van der Waals surface area contributed by atoms with Gasteiger partial charge in [-0.2, -0.15) is 13.2 Å². The fourth-order valence-corrected chi connectivity index (χ4v) is 7.55. The number of nitrogens with zero attached hydrogens (tertiary/aromatic N) is 4. The van der Waals surface area contributed by atoms with E-state index < -0.39 is 59.9 Å². The molecule has 0 unspecified atom stereocenters. The molecule has 2 aromatic heterocycles. The van der Waals surface area contributed by atoms with Gasteiger partial charge < -0.3 is 29.2 Å². The summed E-state index contributed by atoms with van der Waals surface area (Å²) in [5.74, 6) is -0.935. The van der Waals surface area contributed by atoms with Gasteiger partial charge in [-0.15, -0.1) is 0 Å². The summed E-state index contributed by atoms with van der Waals surface area (Å²) in [6.45, 7) is 10.6. The molecule has 2 aliphatic heterocycles. The number of alkyl halides is 3. The van der Waals surface area contributed by atoms with Gasteiger partial charge in [-0.05, 0) is 99.8 Å². The van der Waals surface area contributed by atoms with E-state index in [1.165, 1.54) is 23.8 Å². The highest BCUT2D eigenvalue weighted by Crippen LogP contribution is 2.42. The zero-order valence-electron chi connectivity index (χ0n) is 34.7. The average Bonchev–Trinajstić information content (AvgIpc) is 3.45. The minimum atomic E-state index is -4.55. The Morgan fingerprint density at radius 3 is 2.48 bits per heavy atom. The summed E-state index contributed by atoms with van der Waals surface area (Å²) in [4.78, 5) is 46.0. The number of benzene rings is 1. The van der Waals surface area contributed by atoms with E-state index >= 15 is 0 Å². The lowest BCUT2D eigenvalue weighted by Crippen LogP contribution is -2.62. The van der Waals surface area contributed by atoms with Crippen LogP contribution >= 0.6 is 0 Å². The molecule has 318 valence electrons. The van der Waals surface area contributed by atoms with Crippen LogP contribution < -0.4 is 10.7 Å². The van der Waals surface area contributed by atoms with Crippen LogP contribution in [0.15, 0.2) is 42.6 Å². The maximum Gasteiger partial charge on any atom is 0.408 e. The number of methoxy groups -OCH3 is 2. The van der Waals surface area contributed by atoms with Crippen molar-refractivity contribution in [3.05, 3.63) is 59.4 Å². The lowest BCUT2D eigenvalue weighted by Gasteiger charge is -2.37. The number of aliphatic hydroxyl groups is 1. The quantitative estimate of drug-likeness (QED) is 0.171. The molecule has 2 amide bonds. The van der Waals surface area contributed by atoms with Crippen LogP contribution in [0.5, 0.6) is 0 Å². The van der Waals surface area contributed by atoms with Crippen LogP contribution in [0.1, 0.15) is 83.7 Å². The molecule has 0 bridgehead atoms. The molecule has 5 rings (SSSR count). The third-order valence-electron chi connectivity index (χ3n) is 10.4. The first-order valence-corrected chi connectivity index (χ1v) is 19.6. The van der Waals surface area contributed by atoms with E-state index in [2.05, 4.69) is 21.8 Å². The number of carbonyl (C=O) groups excluding carboxylic acids is 3. The number of nitrogens with one attached hydrogen (secondary N) is 2. The number of hydrazine groups is 1. The number of esters is 1. The summed E-state index contributed by atoms with van der Waals surface area (Å²) in [5.41, 5.74) is 5.55. The van der Waals surface area contributed by atoms with Crippen molar-refractivity contribution in [2.75, 3.05) is 47.0 Å². The zero-order valence-corrected chi connectivity index (χ0v) is 34.7. The van der Waals surface area contributed by atoms with Crippen LogP contribution in [0.3, 0.4) is 0 Å². The maximum atomic E-state index is 14.4. The van der Waals surface area contributed by atoms with Crippen molar-refractivity contribution in [1.29, 1.82) is 0 Å². The van der Waals surface area contributed by atoms with E-state index in [1.807, 2.05) is 30.9 Å². The van der Waals surface area contributed by atoms with Crippen LogP contribution in [0, 0.1) is 5.41 Å². The van der Waals surface area contributed by atoms with Crippen molar-refractivity contribution in [2.24, 2.45) is 5.41 Å². The van der Waals surface area contributed by atoms with Crippen molar-refractivity contribution < 1.29 is 46.9 Å². The number of halogens is 3. The predicted molar refractivity (Wildman–Crippen MR) is 213 cm³/mol. The number of hydrogen-bond acceptors (Lipinski definition) is 10. The molecule has 2 aliphatic rings. The van der Waals surface area contributed by atoms with E-state index in [0.717, 1.165) is 11.1 Å². The Bertz CT molecular complexity index is 1990. The zero-order chi connectivity index (χ0) is 42.6. The summed E-state index contributed by atoms with van der Waals surface area (Å²) >= 11 is 0. The number of ether oxygens (including phenoxy) is 3. The van der Waals surface area contributed by atoms with Gasteiger partial charge in [0.1, 0.15) is 24.2 Å². The van der Waals surface area contributed by atoms with Gasteiger partial charge in [0.05, 0.1) is 24.6 Å². The van der Waals surface area contributed by atoms with Gasteiger partial charge >= 0.3 is 18.2 Å². The minimum absolute atomic E-state index is 0.113. The first kappa shape index (κ1) is 44.6. The summed E-state index contributed by atoms with van der Waals surface area (Å²) in [6, 6.07) is 7.12. The molecule has 0 aliphatic carbocycles. The molecule has 0 radical (unpaired) electrons. The topological polar surface area (TPSA) is 147 Å². The second-order valence-electron chi connectivity index (χ2n) is 16.9. The van der Waals surface area contributed by atoms with Gasteiger partial charge in [-0.1, -0.05) is 26.0 Å². The molecular formula is C42H57F3N6O7. The number of aromatic nitrogens is 2. The van der Waals surface area contributed by atoms with Crippen LogP contribution in [-0.2, 0) is 36.8 Å². The van der Waals surface area contributed by atoms with Gasteiger partial charge in [-0.25, -0.2) is 10.2 Å². The van der Waals surface area contributed by atoms with E-state index in [-0.39, 0.29) is 19.6 Å². The Hall–Kier alpha value is -4.51. The summed E-state index contributed by atoms with van der Waals surface area (Å²) in [7, 11) is 2.80. The van der Waals surface area contributed by atoms with Crippen LogP contribution in [0.2, 0.25) is 0 Å². The molecule has 1 fully saturated rings. The average molecular weight is 815 g/mol. The lowest BCUT2D eigenvalue weighted by atomic mass is 9.84. The summed E-state index contributed by atoms with van der Waals surface area (Å²) in [6.07, 6.45) is -0.247. The van der Waals surface area contributed by atoms with Crippen LogP contribution in [0.25, 0.3) is 27.7 Å². The number of aliphatic hydroxyl groups excluding tert-OH is 1. The van der Waals surface area contributed by atoms with Crippen LogP contribution in [-0.4, -0.2) is 113 Å². The van der Waals surface area contributed by atoms with E-state index in [0.29, 0.717) is 72.3 Å². The van der Waals surface area contributed by atoms with Gasteiger partial charge in [-0.3, -0.25) is 24.5 Å². The Kier molecular flexibility index (Phi) is 14.0. The fourth-order valence-electron chi connectivity index (χ4n) is 7.55. The third kappa shape index (κ3) is 10.9. The first-order chi connectivity index (χ1) is 27.2. The number of pyridine rings is 1. The number of carbonyl (C=O) groups is 3. The smallest absolute Gasteiger partial charge is 0.408 e. The molecule has 3 aromatic rings. The number of rotatable bonds is 13. The molecule has 58 heavy (non-hydrogen) atoms. The second-order valence-corrected chi connectivity index (χ2v) is 16.9. The Morgan fingerprint density at radius 2 is 1.83 bits per heavy atom. The molecule has 4 heterocycles. The molecule has 13 nitrogen and oxygen atoms in total. The Balaban J connectivity index is 1.53. The second kappa shape index (κ2) is 18.2. The third-order valence-corrected chi connectivity index (χ3v) is 10.4. The predicted octanol–water partition coefficient (Wildman–Crippen LogP) is 6.19. The minimum Gasteiger partial charge on any atom is -0.468 e. The molecule has 1 aromatic carbocycles. The van der Waals surface area contributed by atoms with E-state index in [9.17, 15) is 32.7 Å². The van der Waals surface area contributed by atoms with E-state index in [1.54, 1.807) is 52.1 Å². The normalized spacial score (nSPS) is 18.1. The standard InChI is InChI=1S/C42H57F3N6O7/c1-26(56-7)35-29(13-9-17-46-35)36-31(21-41(5,6)25-52)30-20-27(15-16-34(30)50(36)24-42(43,44)45)28-12-10-18-49(22-28)23-33(47-39(55)58-40(2,3)4)37(53)51-19-11-14-32(48-51)38(54)57-8/h9,12-13,15-17,20,26,32-33,48,52H,10-11,14,18-19,21-25H2,1-8H3,(H,47,55)/t26-,32-,33-/m0/s1.